The van der Waals surface area contributed by atoms with Gasteiger partial charge in [0.25, 0.3) is 0 Å². The molecule has 188 valence electrons. The molecule has 0 aromatic carbocycles. The molecule has 0 saturated heterocycles. The fraction of sp³-hybridized carbons (Fsp3) is 0.800. The smallest absolute Gasteiger partial charge is 0.302 e. The van der Waals surface area contributed by atoms with E-state index in [1.807, 2.05) is 20.8 Å². The van der Waals surface area contributed by atoms with Gasteiger partial charge in [-0.2, -0.15) is 0 Å². The topological polar surface area (TPSA) is 166 Å². The van der Waals surface area contributed by atoms with Gasteiger partial charge in [0, 0.05) is 47.5 Å². The first-order chi connectivity index (χ1) is 14.5. The fourth-order valence-electron chi connectivity index (χ4n) is 0.784. The standard InChI is InChI=1S/C6H10O4.C4H6O2.C4H10O2.C4H10O.C2H6O2/c1-5(7)9-3-4-10-6(2)8;1-3(5)4(2)6;1-2-6-4-3-5;1-3-5-4-2;3-1-2-4/h3-4H2,1-2H3;1-2H3;5H,2-4H2,1H3;3-4H2,1-2H3;3-4H,1-2H2. The van der Waals surface area contributed by atoms with Crippen LogP contribution in [0.15, 0.2) is 0 Å². The van der Waals surface area contributed by atoms with Crippen LogP contribution in [0.4, 0.5) is 0 Å². The third-order valence-corrected chi connectivity index (χ3v) is 2.14. The third-order valence-electron chi connectivity index (χ3n) is 2.14. The summed E-state index contributed by atoms with van der Waals surface area (Å²) in [6.07, 6.45) is 0. The minimum Gasteiger partial charge on any atom is -0.462 e. The van der Waals surface area contributed by atoms with Gasteiger partial charge in [0.1, 0.15) is 13.2 Å². The Morgan fingerprint density at radius 3 is 0.968 bits per heavy atom. The van der Waals surface area contributed by atoms with Crippen molar-refractivity contribution < 1.29 is 53.4 Å². The van der Waals surface area contributed by atoms with E-state index in [1.165, 1.54) is 27.7 Å². The molecule has 0 bridgehead atoms. The van der Waals surface area contributed by atoms with E-state index in [0.29, 0.717) is 13.2 Å². The first kappa shape index (κ1) is 39.5. The molecule has 0 radical (unpaired) electrons. The second-order valence-electron chi connectivity index (χ2n) is 4.94. The molecule has 0 rings (SSSR count). The quantitative estimate of drug-likeness (QED) is 0.234. The van der Waals surface area contributed by atoms with Crippen LogP contribution in [-0.2, 0) is 38.1 Å². The lowest BCUT2D eigenvalue weighted by Crippen LogP contribution is -2.09. The van der Waals surface area contributed by atoms with Gasteiger partial charge in [-0.15, -0.1) is 0 Å². The Hall–Kier alpha value is -1.92. The van der Waals surface area contributed by atoms with Gasteiger partial charge in [0.2, 0.25) is 0 Å². The van der Waals surface area contributed by atoms with E-state index in [0.717, 1.165) is 13.2 Å². The number of aliphatic hydroxyl groups is 3. The second-order valence-corrected chi connectivity index (χ2v) is 4.94. The van der Waals surface area contributed by atoms with Crippen LogP contribution in [0.3, 0.4) is 0 Å². The summed E-state index contributed by atoms with van der Waals surface area (Å²) < 4.78 is 18.5. The van der Waals surface area contributed by atoms with Gasteiger partial charge in [0.15, 0.2) is 11.6 Å². The van der Waals surface area contributed by atoms with Gasteiger partial charge in [0.05, 0.1) is 26.4 Å². The lowest BCUT2D eigenvalue weighted by Gasteiger charge is -2.00. The van der Waals surface area contributed by atoms with Crippen molar-refractivity contribution in [1.82, 2.24) is 0 Å². The molecular weight excluding hydrogens is 416 g/mol. The lowest BCUT2D eigenvalue weighted by molar-refractivity contribution is -0.149. The summed E-state index contributed by atoms with van der Waals surface area (Å²) in [5.74, 6) is -1.50. The molecule has 0 saturated carbocycles. The summed E-state index contributed by atoms with van der Waals surface area (Å²) in [5.41, 5.74) is 0. The molecule has 3 N–H and O–H groups in total. The first-order valence-corrected chi connectivity index (χ1v) is 9.78. The molecule has 0 amide bonds. The summed E-state index contributed by atoms with van der Waals surface area (Å²) >= 11 is 0. The molecular formula is C20H42O11. The number of hydrogen-bond donors (Lipinski definition) is 3. The van der Waals surface area contributed by atoms with Crippen LogP contribution in [0, 0.1) is 0 Å². The summed E-state index contributed by atoms with van der Waals surface area (Å²) in [5, 5.41) is 23.3. The van der Waals surface area contributed by atoms with Crippen LogP contribution in [0.1, 0.15) is 48.5 Å². The van der Waals surface area contributed by atoms with Crippen molar-refractivity contribution >= 4 is 23.5 Å². The summed E-state index contributed by atoms with van der Waals surface area (Å²) in [4.78, 5) is 39.8. The Balaban J connectivity index is -0.0000000948. The molecule has 0 aliphatic rings. The van der Waals surface area contributed by atoms with E-state index < -0.39 is 0 Å². The maximum absolute atomic E-state index is 10.1. The Bertz CT molecular complexity index is 363. The van der Waals surface area contributed by atoms with E-state index in [1.54, 1.807) is 0 Å². The Morgan fingerprint density at radius 1 is 0.548 bits per heavy atom. The monoisotopic (exact) mass is 458 g/mol. The molecule has 0 unspecified atom stereocenters. The van der Waals surface area contributed by atoms with Crippen molar-refractivity contribution in [3.05, 3.63) is 0 Å². The highest BCUT2D eigenvalue weighted by atomic mass is 16.6. The third kappa shape index (κ3) is 84.0. The number of esters is 2. The average molecular weight is 459 g/mol. The molecule has 0 spiro atoms. The molecule has 31 heavy (non-hydrogen) atoms. The van der Waals surface area contributed by atoms with E-state index in [9.17, 15) is 19.2 Å². The SMILES string of the molecule is CC(=O)C(C)=O.CC(=O)OCCOC(C)=O.CCOCC.CCOCCO.OCCO. The van der Waals surface area contributed by atoms with Gasteiger partial charge < -0.3 is 34.3 Å². The number of Topliss-reactive ketones (excluding diaryl/α,β-unsaturated/α-hetero) is 2. The Morgan fingerprint density at radius 2 is 0.871 bits per heavy atom. The van der Waals surface area contributed by atoms with Gasteiger partial charge in [-0.3, -0.25) is 19.2 Å². The molecule has 0 atom stereocenters. The molecule has 0 aromatic heterocycles. The van der Waals surface area contributed by atoms with Crippen LogP contribution in [0.2, 0.25) is 0 Å². The van der Waals surface area contributed by atoms with Crippen molar-refractivity contribution in [2.75, 3.05) is 59.5 Å². The number of ether oxygens (including phenoxy) is 4. The van der Waals surface area contributed by atoms with Crippen LogP contribution < -0.4 is 0 Å². The minimum atomic E-state index is -0.380. The highest BCUT2D eigenvalue weighted by molar-refractivity contribution is 6.35. The zero-order valence-electron chi connectivity index (χ0n) is 20.0. The summed E-state index contributed by atoms with van der Waals surface area (Å²) in [6.45, 7) is 14.0. The second kappa shape index (κ2) is 38.7. The van der Waals surface area contributed by atoms with Crippen molar-refractivity contribution in [2.24, 2.45) is 0 Å². The van der Waals surface area contributed by atoms with Crippen LogP contribution in [-0.4, -0.2) is 98.3 Å². The highest BCUT2D eigenvalue weighted by Gasteiger charge is 1.94. The van der Waals surface area contributed by atoms with Gasteiger partial charge >= 0.3 is 11.9 Å². The molecule has 0 heterocycles. The summed E-state index contributed by atoms with van der Waals surface area (Å²) in [7, 11) is 0. The zero-order chi connectivity index (χ0) is 25.5. The molecule has 11 nitrogen and oxygen atoms in total. The van der Waals surface area contributed by atoms with Crippen LogP contribution in [0.5, 0.6) is 0 Å². The zero-order valence-corrected chi connectivity index (χ0v) is 20.0. The van der Waals surface area contributed by atoms with Crippen molar-refractivity contribution in [1.29, 1.82) is 0 Å². The molecule has 0 aliphatic carbocycles. The number of ketones is 2. The minimum absolute atomic E-state index is 0.125. The van der Waals surface area contributed by atoms with E-state index in [2.05, 4.69) is 9.47 Å². The number of rotatable bonds is 10. The number of aliphatic hydroxyl groups excluding tert-OH is 3. The predicted molar refractivity (Wildman–Crippen MR) is 115 cm³/mol. The largest absolute Gasteiger partial charge is 0.462 e. The maximum atomic E-state index is 10.1. The van der Waals surface area contributed by atoms with Crippen molar-refractivity contribution in [3.63, 3.8) is 0 Å². The van der Waals surface area contributed by atoms with Crippen molar-refractivity contribution in [3.8, 4) is 0 Å². The first-order valence-electron chi connectivity index (χ1n) is 9.78. The highest BCUT2D eigenvalue weighted by Crippen LogP contribution is 1.79. The van der Waals surface area contributed by atoms with Gasteiger partial charge in [-0.1, -0.05) is 0 Å². The average Bonchev–Trinajstić information content (AvgIpc) is 2.71. The number of carbonyl (C=O) groups is 4. The predicted octanol–water partition coefficient (Wildman–Crippen LogP) is 0.306. The summed E-state index contributed by atoms with van der Waals surface area (Å²) in [6, 6.07) is 0. The fourth-order valence-corrected chi connectivity index (χ4v) is 0.784. The van der Waals surface area contributed by atoms with E-state index in [4.69, 9.17) is 24.8 Å². The van der Waals surface area contributed by atoms with Crippen LogP contribution >= 0.6 is 0 Å². The van der Waals surface area contributed by atoms with Gasteiger partial charge in [-0.25, -0.2) is 0 Å². The molecule has 0 fully saturated rings. The maximum Gasteiger partial charge on any atom is 0.302 e. The van der Waals surface area contributed by atoms with E-state index >= 15 is 0 Å². The van der Waals surface area contributed by atoms with Crippen LogP contribution in [0.25, 0.3) is 0 Å². The molecule has 11 heteroatoms. The molecule has 0 aromatic rings. The van der Waals surface area contributed by atoms with E-state index in [-0.39, 0.29) is 56.5 Å². The van der Waals surface area contributed by atoms with Crippen molar-refractivity contribution in [2.45, 2.75) is 48.5 Å². The Kier molecular flexibility index (Phi) is 49.3. The molecule has 0 aliphatic heterocycles. The van der Waals surface area contributed by atoms with Gasteiger partial charge in [-0.05, 0) is 20.8 Å². The number of carbonyl (C=O) groups excluding carboxylic acids is 4. The Labute approximate surface area is 185 Å². The lowest BCUT2D eigenvalue weighted by atomic mass is 10.3. The number of hydrogen-bond acceptors (Lipinski definition) is 11. The normalized spacial score (nSPS) is 8.32.